The third kappa shape index (κ3) is 3.80. The average molecular weight is 268 g/mol. The van der Waals surface area contributed by atoms with Gasteiger partial charge in [-0.15, -0.1) is 0 Å². The minimum absolute atomic E-state index is 0.222. The fourth-order valence-corrected chi connectivity index (χ4v) is 2.85. The Hall–Kier alpha value is -0.910. The van der Waals surface area contributed by atoms with E-state index in [-0.39, 0.29) is 5.91 Å². The van der Waals surface area contributed by atoms with Crippen molar-refractivity contribution in [2.75, 3.05) is 39.9 Å². The van der Waals surface area contributed by atoms with Crippen LogP contribution in [-0.2, 0) is 16.1 Å². The van der Waals surface area contributed by atoms with Gasteiger partial charge in [-0.25, -0.2) is 0 Å². The van der Waals surface area contributed by atoms with Crippen molar-refractivity contribution in [1.82, 2.24) is 9.80 Å². The minimum Gasteiger partial charge on any atom is -0.383 e. The summed E-state index contributed by atoms with van der Waals surface area (Å²) >= 11 is 1.71. The van der Waals surface area contributed by atoms with E-state index in [1.165, 1.54) is 5.56 Å². The third-order valence-corrected chi connectivity index (χ3v) is 3.90. The van der Waals surface area contributed by atoms with Crippen molar-refractivity contribution in [1.29, 1.82) is 0 Å². The average Bonchev–Trinajstić information content (AvgIpc) is 2.79. The van der Waals surface area contributed by atoms with E-state index in [0.717, 1.165) is 26.1 Å². The molecule has 0 bridgehead atoms. The monoisotopic (exact) mass is 268 g/mol. The Morgan fingerprint density at radius 1 is 1.44 bits per heavy atom. The predicted molar refractivity (Wildman–Crippen MR) is 72.7 cm³/mol. The summed E-state index contributed by atoms with van der Waals surface area (Å²) in [5.74, 6) is 0.222. The summed E-state index contributed by atoms with van der Waals surface area (Å²) in [4.78, 5) is 16.2. The van der Waals surface area contributed by atoms with E-state index < -0.39 is 0 Å². The van der Waals surface area contributed by atoms with Gasteiger partial charge in [-0.1, -0.05) is 0 Å². The normalized spacial score (nSPS) is 18.1. The molecule has 0 atom stereocenters. The molecule has 0 N–H and O–H groups in total. The number of nitrogens with zero attached hydrogens (tertiary/aromatic N) is 2. The van der Waals surface area contributed by atoms with Crippen LogP contribution in [-0.4, -0.2) is 55.6 Å². The molecule has 1 aliphatic rings. The summed E-state index contributed by atoms with van der Waals surface area (Å²) in [7, 11) is 1.67. The zero-order chi connectivity index (χ0) is 12.8. The topological polar surface area (TPSA) is 32.8 Å². The minimum atomic E-state index is 0.222. The molecule has 0 aromatic carbocycles. The lowest BCUT2D eigenvalue weighted by Gasteiger charge is -2.21. The van der Waals surface area contributed by atoms with Crippen molar-refractivity contribution in [2.45, 2.75) is 13.0 Å². The Balaban J connectivity index is 1.87. The van der Waals surface area contributed by atoms with Crippen LogP contribution >= 0.6 is 11.3 Å². The SMILES string of the molecule is COCCN1CCCN(Cc2ccsc2)CC1=O. The Labute approximate surface area is 112 Å². The van der Waals surface area contributed by atoms with Gasteiger partial charge in [0.15, 0.2) is 0 Å². The Morgan fingerprint density at radius 3 is 3.06 bits per heavy atom. The number of ether oxygens (including phenoxy) is 1. The molecule has 2 heterocycles. The lowest BCUT2D eigenvalue weighted by molar-refractivity contribution is -0.131. The van der Waals surface area contributed by atoms with Crippen molar-refractivity contribution >= 4 is 17.2 Å². The van der Waals surface area contributed by atoms with Gasteiger partial charge < -0.3 is 9.64 Å². The highest BCUT2D eigenvalue weighted by molar-refractivity contribution is 7.07. The van der Waals surface area contributed by atoms with Gasteiger partial charge in [0.1, 0.15) is 0 Å². The van der Waals surface area contributed by atoms with Gasteiger partial charge in [0.05, 0.1) is 13.2 Å². The zero-order valence-corrected chi connectivity index (χ0v) is 11.6. The molecule has 0 unspecified atom stereocenters. The number of amides is 1. The molecule has 0 spiro atoms. The van der Waals surface area contributed by atoms with Crippen LogP contribution in [0.3, 0.4) is 0 Å². The van der Waals surface area contributed by atoms with E-state index in [1.807, 2.05) is 4.90 Å². The smallest absolute Gasteiger partial charge is 0.236 e. The van der Waals surface area contributed by atoms with E-state index in [1.54, 1.807) is 18.4 Å². The largest absolute Gasteiger partial charge is 0.383 e. The molecule has 1 saturated heterocycles. The van der Waals surface area contributed by atoms with Gasteiger partial charge in [-0.2, -0.15) is 11.3 Å². The molecule has 18 heavy (non-hydrogen) atoms. The van der Waals surface area contributed by atoms with E-state index in [0.29, 0.717) is 19.7 Å². The molecule has 4 nitrogen and oxygen atoms in total. The number of hydrogen-bond acceptors (Lipinski definition) is 4. The van der Waals surface area contributed by atoms with E-state index in [4.69, 9.17) is 4.74 Å². The number of carbonyl (C=O) groups excluding carboxylic acids is 1. The van der Waals surface area contributed by atoms with Crippen LogP contribution < -0.4 is 0 Å². The number of methoxy groups -OCH3 is 1. The first-order valence-corrected chi connectivity index (χ1v) is 7.24. The van der Waals surface area contributed by atoms with Crippen molar-refractivity contribution in [2.24, 2.45) is 0 Å². The number of hydrogen-bond donors (Lipinski definition) is 0. The number of carbonyl (C=O) groups is 1. The summed E-state index contributed by atoms with van der Waals surface area (Å²) in [5.41, 5.74) is 1.30. The second-order valence-electron chi connectivity index (χ2n) is 4.57. The molecular formula is C13H20N2O2S. The van der Waals surface area contributed by atoms with Crippen molar-refractivity contribution in [3.63, 3.8) is 0 Å². The first kappa shape index (κ1) is 13.5. The van der Waals surface area contributed by atoms with E-state index in [9.17, 15) is 4.79 Å². The van der Waals surface area contributed by atoms with Crippen molar-refractivity contribution < 1.29 is 9.53 Å². The Bertz CT molecular complexity index is 367. The van der Waals surface area contributed by atoms with Crippen LogP contribution in [0, 0.1) is 0 Å². The lowest BCUT2D eigenvalue weighted by Crippen LogP contribution is -2.38. The van der Waals surface area contributed by atoms with Gasteiger partial charge in [-0.05, 0) is 28.8 Å². The maximum atomic E-state index is 12.1. The lowest BCUT2D eigenvalue weighted by atomic mass is 10.3. The number of rotatable bonds is 5. The molecule has 1 amide bonds. The molecule has 0 aliphatic carbocycles. The fourth-order valence-electron chi connectivity index (χ4n) is 2.19. The van der Waals surface area contributed by atoms with Crippen LogP contribution in [0.4, 0.5) is 0 Å². The van der Waals surface area contributed by atoms with Gasteiger partial charge in [0.2, 0.25) is 5.91 Å². The molecule has 0 radical (unpaired) electrons. The molecule has 1 aromatic heterocycles. The molecule has 1 fully saturated rings. The van der Waals surface area contributed by atoms with Crippen LogP contribution in [0.25, 0.3) is 0 Å². The van der Waals surface area contributed by atoms with E-state index >= 15 is 0 Å². The zero-order valence-electron chi connectivity index (χ0n) is 10.8. The first-order valence-electron chi connectivity index (χ1n) is 6.29. The van der Waals surface area contributed by atoms with Crippen LogP contribution in [0.5, 0.6) is 0 Å². The van der Waals surface area contributed by atoms with Gasteiger partial charge in [0, 0.05) is 33.3 Å². The Kier molecular flexibility index (Phi) is 5.16. The quantitative estimate of drug-likeness (QED) is 0.810. The van der Waals surface area contributed by atoms with Gasteiger partial charge in [-0.3, -0.25) is 9.69 Å². The highest BCUT2D eigenvalue weighted by atomic mass is 32.1. The van der Waals surface area contributed by atoms with Gasteiger partial charge >= 0.3 is 0 Å². The summed E-state index contributed by atoms with van der Waals surface area (Å²) < 4.78 is 5.04. The van der Waals surface area contributed by atoms with Gasteiger partial charge in [0.25, 0.3) is 0 Å². The van der Waals surface area contributed by atoms with Crippen molar-refractivity contribution in [3.05, 3.63) is 22.4 Å². The fraction of sp³-hybridized carbons (Fsp3) is 0.615. The first-order chi connectivity index (χ1) is 8.79. The molecule has 100 valence electrons. The Morgan fingerprint density at radius 2 is 2.33 bits per heavy atom. The summed E-state index contributed by atoms with van der Waals surface area (Å²) in [6.07, 6.45) is 1.04. The number of thiophene rings is 1. The van der Waals surface area contributed by atoms with Crippen LogP contribution in [0.15, 0.2) is 16.8 Å². The standard InChI is InChI=1S/C13H20N2O2S/c1-17-7-6-15-5-2-4-14(10-13(15)16)9-12-3-8-18-11-12/h3,8,11H,2,4-7,9-10H2,1H3. The van der Waals surface area contributed by atoms with E-state index in [2.05, 4.69) is 21.7 Å². The van der Waals surface area contributed by atoms with Crippen LogP contribution in [0.2, 0.25) is 0 Å². The summed E-state index contributed by atoms with van der Waals surface area (Å²) in [5, 5.41) is 4.23. The molecule has 2 rings (SSSR count). The molecule has 1 aliphatic heterocycles. The van der Waals surface area contributed by atoms with Crippen LogP contribution in [0.1, 0.15) is 12.0 Å². The summed E-state index contributed by atoms with van der Waals surface area (Å²) in [6.45, 7) is 4.58. The molecule has 5 heteroatoms. The maximum Gasteiger partial charge on any atom is 0.236 e. The maximum absolute atomic E-state index is 12.1. The molecular weight excluding hydrogens is 248 g/mol. The molecule has 0 saturated carbocycles. The molecule has 1 aromatic rings. The highest BCUT2D eigenvalue weighted by Gasteiger charge is 2.21. The van der Waals surface area contributed by atoms with Crippen molar-refractivity contribution in [3.8, 4) is 0 Å². The second kappa shape index (κ2) is 6.87. The highest BCUT2D eigenvalue weighted by Crippen LogP contribution is 2.12. The third-order valence-electron chi connectivity index (χ3n) is 3.17. The predicted octanol–water partition coefficient (Wildman–Crippen LogP) is 1.43. The second-order valence-corrected chi connectivity index (χ2v) is 5.35. The summed E-state index contributed by atoms with van der Waals surface area (Å²) in [6, 6.07) is 2.13.